The molecule has 124 valence electrons. The Morgan fingerprint density at radius 1 is 1.05 bits per heavy atom. The van der Waals surface area contributed by atoms with Crippen LogP contribution < -0.4 is 5.73 Å². The van der Waals surface area contributed by atoms with Crippen LogP contribution in [0.25, 0.3) is 0 Å². The van der Waals surface area contributed by atoms with E-state index in [1.54, 1.807) is 0 Å². The molecule has 1 fully saturated rings. The number of ether oxygens (including phenoxy) is 1. The van der Waals surface area contributed by atoms with Gasteiger partial charge in [-0.05, 0) is 59.8 Å². The summed E-state index contributed by atoms with van der Waals surface area (Å²) in [7, 11) is -0.551. The van der Waals surface area contributed by atoms with Gasteiger partial charge >= 0.3 is 5.97 Å². The number of esters is 1. The van der Waals surface area contributed by atoms with E-state index in [2.05, 4.69) is 34.1 Å². The molecule has 1 unspecified atom stereocenters. The van der Waals surface area contributed by atoms with Gasteiger partial charge in [0, 0.05) is 11.0 Å². The molecule has 3 nitrogen and oxygen atoms in total. The molecule has 0 radical (unpaired) electrons. The van der Waals surface area contributed by atoms with Gasteiger partial charge in [-0.3, -0.25) is 4.79 Å². The van der Waals surface area contributed by atoms with Gasteiger partial charge in [0.25, 0.3) is 0 Å². The Hall–Kier alpha value is -0.140. The number of hydrogen-bond acceptors (Lipinski definition) is 3. The first kappa shape index (κ1) is 18.9. The van der Waals surface area contributed by atoms with Crippen molar-refractivity contribution in [2.24, 2.45) is 11.1 Å². The lowest BCUT2D eigenvalue weighted by Gasteiger charge is -2.48. The van der Waals surface area contributed by atoms with Crippen molar-refractivity contribution in [3.63, 3.8) is 0 Å². The van der Waals surface area contributed by atoms with Gasteiger partial charge in [-0.15, -0.1) is 0 Å². The van der Waals surface area contributed by atoms with Crippen molar-refractivity contribution in [1.82, 2.24) is 0 Å². The van der Waals surface area contributed by atoms with E-state index in [-0.39, 0.29) is 17.0 Å². The first-order valence-electron chi connectivity index (χ1n) is 7.98. The third-order valence-electron chi connectivity index (χ3n) is 5.61. The highest BCUT2D eigenvalue weighted by Gasteiger charge is 2.54. The first-order chi connectivity index (χ1) is 9.28. The minimum atomic E-state index is -0.622. The minimum Gasteiger partial charge on any atom is -0.458 e. The maximum absolute atomic E-state index is 13.1. The van der Waals surface area contributed by atoms with E-state index in [1.807, 2.05) is 20.8 Å². The fraction of sp³-hybridized carbons (Fsp3) is 0.941. The van der Waals surface area contributed by atoms with Crippen molar-refractivity contribution in [1.29, 1.82) is 0 Å². The van der Waals surface area contributed by atoms with Crippen LogP contribution in [-0.4, -0.2) is 35.6 Å². The zero-order valence-corrected chi connectivity index (χ0v) is 16.1. The van der Waals surface area contributed by atoms with E-state index in [0.29, 0.717) is 0 Å². The molecule has 0 aromatic carbocycles. The summed E-state index contributed by atoms with van der Waals surface area (Å²) >= 11 is 0. The van der Waals surface area contributed by atoms with E-state index in [9.17, 15) is 4.79 Å². The van der Waals surface area contributed by atoms with Gasteiger partial charge in [0.05, 0.1) is 0 Å². The fourth-order valence-electron chi connectivity index (χ4n) is 3.25. The van der Waals surface area contributed by atoms with Crippen LogP contribution in [0, 0.1) is 5.41 Å². The summed E-state index contributed by atoms with van der Waals surface area (Å²) in [6.45, 7) is 16.6. The Bertz CT molecular complexity index is 387. The molecule has 0 spiro atoms. The van der Waals surface area contributed by atoms with Crippen molar-refractivity contribution in [2.45, 2.75) is 83.5 Å². The quantitative estimate of drug-likeness (QED) is 0.627. The van der Waals surface area contributed by atoms with Crippen molar-refractivity contribution in [3.8, 4) is 0 Å². The van der Waals surface area contributed by atoms with Gasteiger partial charge in [-0.2, -0.15) is 0 Å². The molecule has 1 atom stereocenters. The number of carbonyl (C=O) groups excluding carboxylic acids is 1. The molecule has 21 heavy (non-hydrogen) atoms. The predicted molar refractivity (Wildman–Crippen MR) is 92.2 cm³/mol. The van der Waals surface area contributed by atoms with E-state index < -0.39 is 18.6 Å². The Balaban J connectivity index is 3.12. The average Bonchev–Trinajstić information content (AvgIpc) is 2.74. The second kappa shape index (κ2) is 5.81. The van der Waals surface area contributed by atoms with E-state index >= 15 is 0 Å². The van der Waals surface area contributed by atoms with Crippen LogP contribution in [0.4, 0.5) is 0 Å². The first-order valence-corrected chi connectivity index (χ1v) is 10.2. The molecule has 2 N–H and O–H groups in total. The SMILES string of the molecule is CP(C)C(C)(C(=O)OC1(C(C)(C)C)CCCC1)C(C)(C)N. The van der Waals surface area contributed by atoms with E-state index in [4.69, 9.17) is 10.5 Å². The summed E-state index contributed by atoms with van der Waals surface area (Å²) < 4.78 is 6.21. The Morgan fingerprint density at radius 2 is 1.48 bits per heavy atom. The molecule has 1 rings (SSSR count). The van der Waals surface area contributed by atoms with Gasteiger partial charge in [-0.1, -0.05) is 28.7 Å². The second-order valence-corrected chi connectivity index (χ2v) is 11.2. The third kappa shape index (κ3) is 3.29. The molecule has 1 aliphatic rings. The van der Waals surface area contributed by atoms with Crippen LogP contribution in [0.5, 0.6) is 0 Å². The molecule has 0 aliphatic heterocycles. The number of rotatable bonds is 4. The summed E-state index contributed by atoms with van der Waals surface area (Å²) in [5.41, 5.74) is 5.40. The zero-order chi connectivity index (χ0) is 16.7. The molecule has 0 saturated heterocycles. The van der Waals surface area contributed by atoms with Crippen molar-refractivity contribution >= 4 is 13.9 Å². The Kier molecular flexibility index (Phi) is 5.23. The van der Waals surface area contributed by atoms with Gasteiger partial charge < -0.3 is 10.5 Å². The summed E-state index contributed by atoms with van der Waals surface area (Å²) in [5, 5.41) is -0.622. The molecule has 0 aromatic rings. The highest BCUT2D eigenvalue weighted by molar-refractivity contribution is 7.59. The molecular formula is C17H34NO2P. The maximum atomic E-state index is 13.1. The summed E-state index contributed by atoms with van der Waals surface area (Å²) in [6.07, 6.45) is 4.21. The van der Waals surface area contributed by atoms with E-state index in [1.165, 1.54) is 0 Å². The highest BCUT2D eigenvalue weighted by Crippen LogP contribution is 2.53. The summed E-state index contributed by atoms with van der Waals surface area (Å²) in [5.74, 6) is -0.108. The van der Waals surface area contributed by atoms with Crippen LogP contribution in [-0.2, 0) is 9.53 Å². The van der Waals surface area contributed by atoms with Gasteiger partial charge in [0.1, 0.15) is 10.8 Å². The molecule has 1 aliphatic carbocycles. The molecule has 0 aromatic heterocycles. The molecular weight excluding hydrogens is 281 g/mol. The van der Waals surface area contributed by atoms with Crippen molar-refractivity contribution in [3.05, 3.63) is 0 Å². The zero-order valence-electron chi connectivity index (χ0n) is 15.2. The predicted octanol–water partition coefficient (Wildman–Crippen LogP) is 4.13. The van der Waals surface area contributed by atoms with E-state index in [0.717, 1.165) is 25.7 Å². The normalized spacial score (nSPS) is 22.2. The Morgan fingerprint density at radius 3 is 1.76 bits per heavy atom. The summed E-state index contributed by atoms with van der Waals surface area (Å²) in [4.78, 5) is 13.1. The van der Waals surface area contributed by atoms with Gasteiger partial charge in [0.15, 0.2) is 0 Å². The monoisotopic (exact) mass is 315 g/mol. The second-order valence-electron chi connectivity index (χ2n) is 8.53. The molecule has 1 saturated carbocycles. The van der Waals surface area contributed by atoms with Crippen molar-refractivity contribution < 1.29 is 9.53 Å². The minimum absolute atomic E-state index is 0.0386. The van der Waals surface area contributed by atoms with Crippen LogP contribution >= 0.6 is 7.92 Å². The standard InChI is InChI=1S/C17H34NO2P/c1-14(2,3)17(11-9-10-12-17)20-13(19)16(6,21(7)8)15(4,5)18/h9-12,18H2,1-8H3. The smallest absolute Gasteiger partial charge is 0.318 e. The number of carbonyl (C=O) groups is 1. The molecule has 0 heterocycles. The van der Waals surface area contributed by atoms with Gasteiger partial charge in [0.2, 0.25) is 0 Å². The fourth-order valence-corrected chi connectivity index (χ4v) is 4.81. The van der Waals surface area contributed by atoms with Crippen LogP contribution in [0.2, 0.25) is 0 Å². The average molecular weight is 315 g/mol. The Labute approximate surface area is 132 Å². The van der Waals surface area contributed by atoms with Crippen molar-refractivity contribution in [2.75, 3.05) is 13.3 Å². The third-order valence-corrected chi connectivity index (χ3v) is 8.16. The van der Waals surface area contributed by atoms with Crippen LogP contribution in [0.1, 0.15) is 67.2 Å². The number of nitrogens with two attached hydrogens (primary N) is 1. The van der Waals surface area contributed by atoms with Crippen LogP contribution in [0.3, 0.4) is 0 Å². The lowest BCUT2D eigenvalue weighted by molar-refractivity contribution is -0.176. The lowest BCUT2D eigenvalue weighted by Crippen LogP contribution is -2.60. The largest absolute Gasteiger partial charge is 0.458 e. The van der Waals surface area contributed by atoms with Crippen LogP contribution in [0.15, 0.2) is 0 Å². The molecule has 0 bridgehead atoms. The summed E-state index contributed by atoms with van der Waals surface area (Å²) in [6, 6.07) is 0. The molecule has 4 heteroatoms. The number of hydrogen-bond donors (Lipinski definition) is 1. The maximum Gasteiger partial charge on any atom is 0.318 e. The van der Waals surface area contributed by atoms with Gasteiger partial charge in [-0.25, -0.2) is 0 Å². The highest BCUT2D eigenvalue weighted by atomic mass is 31.1. The molecule has 0 amide bonds. The topological polar surface area (TPSA) is 52.3 Å². The lowest BCUT2D eigenvalue weighted by atomic mass is 9.75.